The van der Waals surface area contributed by atoms with Gasteiger partial charge in [0.25, 0.3) is 0 Å². The zero-order valence-electron chi connectivity index (χ0n) is 28.0. The number of nitrogens with two attached hydrogens (primary N) is 1. The van der Waals surface area contributed by atoms with Crippen molar-refractivity contribution in [2.75, 3.05) is 0 Å². The van der Waals surface area contributed by atoms with Crippen molar-refractivity contribution in [2.24, 2.45) is 5.73 Å². The first-order valence-corrected chi connectivity index (χ1v) is 15.3. The molecule has 8 amide bonds. The van der Waals surface area contributed by atoms with Crippen molar-refractivity contribution in [3.63, 3.8) is 0 Å². The van der Waals surface area contributed by atoms with Crippen LogP contribution in [0.5, 0.6) is 0 Å². The molecule has 0 bridgehead atoms. The molecule has 2 rings (SSSR count). The van der Waals surface area contributed by atoms with Gasteiger partial charge in [0.15, 0.2) is 0 Å². The van der Waals surface area contributed by atoms with E-state index in [1.807, 2.05) is 0 Å². The fourth-order valence-electron chi connectivity index (χ4n) is 4.19. The number of nitrogens with zero attached hydrogens (tertiary/aromatic N) is 2. The van der Waals surface area contributed by atoms with E-state index in [2.05, 4.69) is 57.2 Å². The lowest BCUT2D eigenvalue weighted by Crippen LogP contribution is -2.59. The van der Waals surface area contributed by atoms with E-state index in [-0.39, 0.29) is 12.8 Å². The highest BCUT2D eigenvalue weighted by atomic mass is 16.2. The minimum absolute atomic E-state index is 0.00790. The van der Waals surface area contributed by atoms with E-state index >= 15 is 0 Å². The summed E-state index contributed by atoms with van der Waals surface area (Å²) in [5.41, 5.74) is 6.25. The average molecular weight is 689 g/mol. The number of hydrogen-bond donors (Lipinski definition) is 10. The van der Waals surface area contributed by atoms with E-state index in [0.717, 1.165) is 0 Å². The van der Waals surface area contributed by atoms with Crippen LogP contribution in [0.4, 0.5) is 0 Å². The van der Waals surface area contributed by atoms with E-state index in [1.165, 1.54) is 66.6 Å². The van der Waals surface area contributed by atoms with Gasteiger partial charge in [-0.3, -0.25) is 38.4 Å². The van der Waals surface area contributed by atoms with Crippen LogP contribution in [-0.2, 0) is 51.2 Å². The Hall–Kier alpha value is -5.82. The average Bonchev–Trinajstić information content (AvgIpc) is 3.74. The molecule has 49 heavy (non-hydrogen) atoms. The number of nitrogens with one attached hydrogen (secondary N) is 9. The minimum Gasteiger partial charge on any atom is -0.368 e. The molecular weight excluding hydrogens is 644 g/mol. The minimum atomic E-state index is -1.17. The maximum Gasteiger partial charge on any atom is 0.243 e. The Morgan fingerprint density at radius 3 is 1.20 bits per heavy atom. The lowest BCUT2D eigenvalue weighted by Gasteiger charge is -2.24. The summed E-state index contributed by atoms with van der Waals surface area (Å²) in [6, 6.07) is -7.76. The zero-order chi connectivity index (χ0) is 36.8. The first kappa shape index (κ1) is 39.4. The van der Waals surface area contributed by atoms with Gasteiger partial charge >= 0.3 is 0 Å². The van der Waals surface area contributed by atoms with Crippen molar-refractivity contribution in [1.29, 1.82) is 0 Å². The van der Waals surface area contributed by atoms with Gasteiger partial charge in [0.2, 0.25) is 47.3 Å². The second-order valence-corrected chi connectivity index (χ2v) is 11.4. The Labute approximate surface area is 281 Å². The molecule has 0 aliphatic rings. The summed E-state index contributed by atoms with van der Waals surface area (Å²) in [4.78, 5) is 113. The van der Waals surface area contributed by atoms with E-state index < -0.39 is 89.6 Å². The number of imidazole rings is 2. The SMILES string of the molecule is CC(=O)N[C@@H](C)C(=O)N[C@@H](Cc1cnc[nH]1)C(=O)N[C@@H](C)C(=O)N[C@@H](C)C(=O)N[C@@H](C)C(=O)N[C@@H](Cc1cnc[nH]1)C(=O)N[C@@H](C)C(N)=O. The molecule has 0 saturated carbocycles. The van der Waals surface area contributed by atoms with E-state index in [4.69, 9.17) is 5.73 Å². The number of primary amides is 1. The van der Waals surface area contributed by atoms with E-state index in [0.29, 0.717) is 11.4 Å². The standard InChI is InChI=1S/C29H44N12O8/c1-13(23(30)43)36-28(48)21(7-19-9-31-11-33-19)41-27(47)17(5)38-24(44)15(3)37-25(45)16(4)39-29(49)22(8-20-10-32-12-34-20)40-26(46)14(2)35-18(6)42/h9-17,21-22H,7-8H2,1-6H3,(H2,30,43)(H,31,33)(H,32,34)(H,35,42)(H,36,48)(H,37,45)(H,38,44)(H,39,49)(H,40,46)(H,41,47)/t13-,14-,15-,16-,17-,21-,22-/m0/s1. The number of carbonyl (C=O) groups is 8. The predicted octanol–water partition coefficient (Wildman–Crippen LogP) is -4.08. The third-order valence-electron chi connectivity index (χ3n) is 7.08. The highest BCUT2D eigenvalue weighted by molar-refractivity contribution is 5.97. The summed E-state index contributed by atoms with van der Waals surface area (Å²) >= 11 is 0. The Kier molecular flexibility index (Phi) is 14.9. The Balaban J connectivity index is 1.98. The molecule has 0 aliphatic carbocycles. The molecule has 2 aromatic rings. The topological polar surface area (TPSA) is 304 Å². The first-order valence-electron chi connectivity index (χ1n) is 15.3. The van der Waals surface area contributed by atoms with E-state index in [9.17, 15) is 38.4 Å². The number of hydrogen-bond acceptors (Lipinski definition) is 10. The maximum atomic E-state index is 13.1. The summed E-state index contributed by atoms with van der Waals surface area (Å²) < 4.78 is 0. The van der Waals surface area contributed by atoms with Crippen LogP contribution in [-0.4, -0.2) is 109 Å². The van der Waals surface area contributed by atoms with Gasteiger partial charge in [0.05, 0.1) is 12.7 Å². The molecule has 0 aromatic carbocycles. The monoisotopic (exact) mass is 688 g/mol. The van der Waals surface area contributed by atoms with Crippen molar-refractivity contribution < 1.29 is 38.4 Å². The van der Waals surface area contributed by atoms with Crippen molar-refractivity contribution in [3.8, 4) is 0 Å². The smallest absolute Gasteiger partial charge is 0.243 e. The van der Waals surface area contributed by atoms with Crippen LogP contribution in [0.3, 0.4) is 0 Å². The number of aromatic amines is 2. The molecule has 0 spiro atoms. The van der Waals surface area contributed by atoms with Gasteiger partial charge in [-0.2, -0.15) is 0 Å². The highest BCUT2D eigenvalue weighted by Crippen LogP contribution is 2.03. The number of H-pyrrole nitrogens is 2. The van der Waals surface area contributed by atoms with Crippen molar-refractivity contribution in [1.82, 2.24) is 57.2 Å². The van der Waals surface area contributed by atoms with E-state index in [1.54, 1.807) is 0 Å². The predicted molar refractivity (Wildman–Crippen MR) is 171 cm³/mol. The molecule has 268 valence electrons. The molecule has 20 nitrogen and oxygen atoms in total. The molecule has 11 N–H and O–H groups in total. The second-order valence-electron chi connectivity index (χ2n) is 11.4. The van der Waals surface area contributed by atoms with Gasteiger partial charge in [-0.05, 0) is 34.6 Å². The number of rotatable bonds is 18. The molecule has 0 unspecified atom stereocenters. The van der Waals surface area contributed by atoms with Gasteiger partial charge in [0.1, 0.15) is 42.3 Å². The third kappa shape index (κ3) is 13.1. The summed E-state index contributed by atoms with van der Waals surface area (Å²) in [7, 11) is 0. The fraction of sp³-hybridized carbons (Fsp3) is 0.517. The third-order valence-corrected chi connectivity index (χ3v) is 7.08. The molecule has 2 aromatic heterocycles. The number of carbonyl (C=O) groups excluding carboxylic acids is 8. The Bertz CT molecular complexity index is 1480. The van der Waals surface area contributed by atoms with Crippen LogP contribution in [0.2, 0.25) is 0 Å². The van der Waals surface area contributed by atoms with Crippen molar-refractivity contribution >= 4 is 47.3 Å². The van der Waals surface area contributed by atoms with Gasteiger partial charge in [-0.25, -0.2) is 9.97 Å². The van der Waals surface area contributed by atoms with Gasteiger partial charge in [0, 0.05) is 43.5 Å². The molecular formula is C29H44N12O8. The lowest BCUT2D eigenvalue weighted by atomic mass is 10.1. The van der Waals surface area contributed by atoms with Crippen LogP contribution in [0.1, 0.15) is 52.9 Å². The van der Waals surface area contributed by atoms with Crippen LogP contribution < -0.4 is 43.0 Å². The quantitative estimate of drug-likeness (QED) is 0.0722. The summed E-state index contributed by atoms with van der Waals surface area (Å²) in [6.07, 6.45) is 5.67. The van der Waals surface area contributed by atoms with Crippen LogP contribution >= 0.6 is 0 Å². The molecule has 20 heteroatoms. The second kappa shape index (κ2) is 18.5. The first-order chi connectivity index (χ1) is 23.0. The normalized spacial score (nSPS) is 15.1. The molecule has 0 saturated heterocycles. The largest absolute Gasteiger partial charge is 0.368 e. The summed E-state index contributed by atoms with van der Waals surface area (Å²) in [6.45, 7) is 8.16. The van der Waals surface area contributed by atoms with Gasteiger partial charge in [-0.15, -0.1) is 0 Å². The van der Waals surface area contributed by atoms with Gasteiger partial charge in [-0.1, -0.05) is 0 Å². The van der Waals surface area contributed by atoms with Crippen LogP contribution in [0.15, 0.2) is 25.0 Å². The molecule has 7 atom stereocenters. The molecule has 0 radical (unpaired) electrons. The Morgan fingerprint density at radius 2 is 0.878 bits per heavy atom. The zero-order valence-corrected chi connectivity index (χ0v) is 28.0. The van der Waals surface area contributed by atoms with Gasteiger partial charge < -0.3 is 52.9 Å². The number of amides is 8. The van der Waals surface area contributed by atoms with Crippen LogP contribution in [0.25, 0.3) is 0 Å². The van der Waals surface area contributed by atoms with Crippen LogP contribution in [0, 0.1) is 0 Å². The molecule has 2 heterocycles. The Morgan fingerprint density at radius 1 is 0.551 bits per heavy atom. The lowest BCUT2D eigenvalue weighted by molar-refractivity contribution is -0.135. The summed E-state index contributed by atoms with van der Waals surface area (Å²) in [5, 5.41) is 17.3. The highest BCUT2D eigenvalue weighted by Gasteiger charge is 2.30. The molecule has 0 fully saturated rings. The fourth-order valence-corrected chi connectivity index (χ4v) is 4.19. The van der Waals surface area contributed by atoms with Crippen molar-refractivity contribution in [2.45, 2.75) is 96.7 Å². The number of aromatic nitrogens is 4. The maximum absolute atomic E-state index is 13.1. The molecule has 0 aliphatic heterocycles. The summed E-state index contributed by atoms with van der Waals surface area (Å²) in [5.74, 6) is -5.50. The van der Waals surface area contributed by atoms with Crippen molar-refractivity contribution in [3.05, 3.63) is 36.4 Å².